The molecule has 0 aromatic heterocycles. The molecule has 6 heteroatoms. The van der Waals surface area contributed by atoms with Crippen LogP contribution in [0.15, 0.2) is 57.4 Å². The summed E-state index contributed by atoms with van der Waals surface area (Å²) < 4.78 is 14.3. The molecule has 3 N–H and O–H groups in total. The van der Waals surface area contributed by atoms with E-state index in [1.165, 1.54) is 40.8 Å². The van der Waals surface area contributed by atoms with Crippen LogP contribution in [-0.4, -0.2) is 36.3 Å². The van der Waals surface area contributed by atoms with Crippen LogP contribution in [0.3, 0.4) is 0 Å². The smallest absolute Gasteiger partial charge is 0.0477 e. The summed E-state index contributed by atoms with van der Waals surface area (Å²) in [6.45, 7) is 19.4. The molecule has 2 unspecified atom stereocenters. The van der Waals surface area contributed by atoms with E-state index in [0.717, 1.165) is 74.4 Å². The van der Waals surface area contributed by atoms with Crippen LogP contribution in [0, 0.1) is 17.8 Å². The number of rotatable bonds is 9. The molecule has 196 valence electrons. The van der Waals surface area contributed by atoms with Crippen LogP contribution in [0.1, 0.15) is 72.1 Å². The van der Waals surface area contributed by atoms with Crippen LogP contribution in [0.4, 0.5) is 3.89 Å². The highest BCUT2D eigenvalue weighted by molar-refractivity contribution is 9.11. The molecule has 3 nitrogen and oxygen atoms in total. The van der Waals surface area contributed by atoms with Crippen molar-refractivity contribution in [1.29, 1.82) is 0 Å². The van der Waals surface area contributed by atoms with Gasteiger partial charge in [-0.25, -0.2) is 0 Å². The summed E-state index contributed by atoms with van der Waals surface area (Å²) in [7, 11) is 0. The van der Waals surface area contributed by atoms with Gasteiger partial charge < -0.3 is 16.0 Å². The van der Waals surface area contributed by atoms with Gasteiger partial charge in [-0.05, 0) is 107 Å². The highest BCUT2D eigenvalue weighted by atomic mass is 79.9. The van der Waals surface area contributed by atoms with Gasteiger partial charge in [0.05, 0.1) is 0 Å². The molecule has 0 amide bonds. The van der Waals surface area contributed by atoms with Crippen molar-refractivity contribution in [2.75, 3.05) is 26.2 Å². The van der Waals surface area contributed by atoms with Crippen molar-refractivity contribution in [3.8, 4) is 0 Å². The summed E-state index contributed by atoms with van der Waals surface area (Å²) in [4.78, 5) is 2.52. The number of allylic oxidation sites excluding steroid dienone is 7. The lowest BCUT2D eigenvalue weighted by Crippen LogP contribution is -2.38. The van der Waals surface area contributed by atoms with E-state index >= 15 is 0 Å². The molecule has 35 heavy (non-hydrogen) atoms. The first-order valence-corrected chi connectivity index (χ1v) is 14.9. The van der Waals surface area contributed by atoms with Crippen molar-refractivity contribution in [1.82, 2.24) is 10.2 Å². The van der Waals surface area contributed by atoms with Crippen LogP contribution < -0.4 is 11.1 Å². The largest absolute Gasteiger partial charge is 0.402 e. The Morgan fingerprint density at radius 3 is 2.43 bits per heavy atom. The van der Waals surface area contributed by atoms with Crippen molar-refractivity contribution >= 4 is 28.1 Å². The van der Waals surface area contributed by atoms with Gasteiger partial charge in [0, 0.05) is 52.3 Å². The fraction of sp³-hybridized carbons (Fsp3) is 0.655. The number of nitrogens with one attached hydrogen (secondary N) is 1. The molecule has 3 aliphatic rings. The standard InChI is InChI=1S/C29H45BrFN3S/c1-19(2)16-25-6-7-26(18-21(4)35-31)29(32)28(27(25)22(5)30)24-10-14-34(15-11-24)20(3)17-23-8-12-33-13-9-23/h16,21,23-24,28,33H,3,5-15,17-18,32H2,1-2,4H3. The third-order valence-corrected chi connectivity index (χ3v) is 8.88. The maximum absolute atomic E-state index is 13.4. The van der Waals surface area contributed by atoms with Gasteiger partial charge in [-0.1, -0.05) is 47.7 Å². The summed E-state index contributed by atoms with van der Waals surface area (Å²) in [5.74, 6) is 1.34. The van der Waals surface area contributed by atoms with Crippen LogP contribution >= 0.6 is 28.1 Å². The highest BCUT2D eigenvalue weighted by Crippen LogP contribution is 2.45. The van der Waals surface area contributed by atoms with E-state index in [9.17, 15) is 3.89 Å². The molecule has 2 saturated heterocycles. The van der Waals surface area contributed by atoms with E-state index in [1.807, 2.05) is 6.92 Å². The molecule has 0 radical (unpaired) electrons. The topological polar surface area (TPSA) is 41.3 Å². The Morgan fingerprint density at radius 2 is 1.86 bits per heavy atom. The first-order valence-electron chi connectivity index (χ1n) is 13.3. The number of likely N-dealkylation sites (tertiary alicyclic amines) is 1. The first kappa shape index (κ1) is 28.6. The number of halogens is 2. The lowest BCUT2D eigenvalue weighted by molar-refractivity contribution is 0.190. The Kier molecular flexibility index (Phi) is 11.1. The number of hydrogen-bond donors (Lipinski definition) is 2. The van der Waals surface area contributed by atoms with E-state index < -0.39 is 0 Å². The van der Waals surface area contributed by atoms with E-state index in [1.54, 1.807) is 0 Å². The van der Waals surface area contributed by atoms with E-state index in [-0.39, 0.29) is 11.2 Å². The van der Waals surface area contributed by atoms with Crippen molar-refractivity contribution in [2.45, 2.75) is 77.4 Å². The predicted octanol–water partition coefficient (Wildman–Crippen LogP) is 7.79. The molecule has 1 aliphatic carbocycles. The van der Waals surface area contributed by atoms with E-state index in [0.29, 0.717) is 24.5 Å². The molecule has 0 aromatic rings. The second kappa shape index (κ2) is 13.5. The monoisotopic (exact) mass is 565 g/mol. The molecule has 0 bridgehead atoms. The molecular formula is C29H45BrFN3S. The molecule has 2 heterocycles. The summed E-state index contributed by atoms with van der Waals surface area (Å²) in [5, 5.41) is 3.39. The van der Waals surface area contributed by atoms with Gasteiger partial charge >= 0.3 is 0 Å². The minimum atomic E-state index is -0.0787. The Balaban J connectivity index is 1.83. The lowest BCUT2D eigenvalue weighted by atomic mass is 9.75. The maximum atomic E-state index is 13.4. The third-order valence-electron chi connectivity index (χ3n) is 7.98. The Hall–Kier alpha value is -0.980. The van der Waals surface area contributed by atoms with Gasteiger partial charge in [-0.3, -0.25) is 0 Å². The molecule has 2 fully saturated rings. The molecule has 0 saturated carbocycles. The summed E-state index contributed by atoms with van der Waals surface area (Å²) in [5.41, 5.74) is 14.4. The Labute approximate surface area is 226 Å². The second-order valence-corrected chi connectivity index (χ2v) is 12.9. The van der Waals surface area contributed by atoms with Gasteiger partial charge in [-0.2, -0.15) is 3.89 Å². The minimum Gasteiger partial charge on any atom is -0.402 e. The lowest BCUT2D eigenvalue weighted by Gasteiger charge is -2.40. The van der Waals surface area contributed by atoms with Gasteiger partial charge in [0.1, 0.15) is 0 Å². The minimum absolute atomic E-state index is 0.0787. The molecular weight excluding hydrogens is 521 g/mol. The zero-order chi connectivity index (χ0) is 25.5. The fourth-order valence-electron chi connectivity index (χ4n) is 6.17. The van der Waals surface area contributed by atoms with Crippen molar-refractivity contribution in [3.05, 3.63) is 57.4 Å². The zero-order valence-electron chi connectivity index (χ0n) is 22.0. The average molecular weight is 567 g/mol. The van der Waals surface area contributed by atoms with Crippen molar-refractivity contribution in [2.24, 2.45) is 23.5 Å². The van der Waals surface area contributed by atoms with Crippen LogP contribution in [0.2, 0.25) is 0 Å². The van der Waals surface area contributed by atoms with Crippen LogP contribution in [0.25, 0.3) is 0 Å². The quantitative estimate of drug-likeness (QED) is 0.299. The first-order chi connectivity index (χ1) is 16.7. The van der Waals surface area contributed by atoms with Crippen LogP contribution in [-0.2, 0) is 0 Å². The summed E-state index contributed by atoms with van der Waals surface area (Å²) in [6, 6.07) is 0. The van der Waals surface area contributed by atoms with E-state index in [4.69, 9.17) is 5.73 Å². The molecule has 3 rings (SSSR count). The van der Waals surface area contributed by atoms with Gasteiger partial charge in [0.15, 0.2) is 0 Å². The Bertz CT molecular complexity index is 859. The SMILES string of the molecule is C=C(Br)C1=C(C=C(C)C)CCC(CC(C)SF)=C(N)C1C1CCN(C(=C)CC2CCNCC2)CC1. The fourth-order valence-corrected chi connectivity index (χ4v) is 6.93. The van der Waals surface area contributed by atoms with Gasteiger partial charge in [-0.15, -0.1) is 0 Å². The van der Waals surface area contributed by atoms with Gasteiger partial charge in [0.25, 0.3) is 0 Å². The maximum Gasteiger partial charge on any atom is 0.0477 e. The zero-order valence-corrected chi connectivity index (χ0v) is 24.4. The van der Waals surface area contributed by atoms with Crippen LogP contribution in [0.5, 0.6) is 0 Å². The van der Waals surface area contributed by atoms with E-state index in [2.05, 4.69) is 59.2 Å². The highest BCUT2D eigenvalue weighted by Gasteiger charge is 2.36. The second-order valence-electron chi connectivity index (χ2n) is 11.0. The van der Waals surface area contributed by atoms with Gasteiger partial charge in [0.2, 0.25) is 0 Å². The molecule has 0 spiro atoms. The number of hydrogen-bond acceptors (Lipinski definition) is 4. The van der Waals surface area contributed by atoms with Crippen molar-refractivity contribution in [3.63, 3.8) is 0 Å². The number of nitrogens with two attached hydrogens (primary N) is 1. The Morgan fingerprint density at radius 1 is 1.20 bits per heavy atom. The summed E-state index contributed by atoms with van der Waals surface area (Å²) in [6.07, 6.45) is 10.6. The summed E-state index contributed by atoms with van der Waals surface area (Å²) >= 11 is 4.19. The number of piperidine rings is 2. The molecule has 2 aliphatic heterocycles. The molecule has 0 aromatic carbocycles. The van der Waals surface area contributed by atoms with Crippen molar-refractivity contribution < 1.29 is 3.89 Å². The predicted molar refractivity (Wildman–Crippen MR) is 155 cm³/mol. The normalized spacial score (nSPS) is 23.8. The molecule has 2 atom stereocenters. The average Bonchev–Trinajstić information content (AvgIpc) is 2.96. The number of nitrogens with zero attached hydrogens (tertiary/aromatic N) is 1. The third kappa shape index (κ3) is 7.75.